The van der Waals surface area contributed by atoms with Crippen LogP contribution in [-0.4, -0.2) is 5.91 Å². The van der Waals surface area contributed by atoms with E-state index in [4.69, 9.17) is 0 Å². The van der Waals surface area contributed by atoms with E-state index in [2.05, 4.69) is 5.32 Å². The van der Waals surface area contributed by atoms with E-state index >= 15 is 0 Å². The molecule has 2 rings (SSSR count). The number of carbonyl (C=O) groups excluding carboxylic acids is 1. The fourth-order valence-corrected chi connectivity index (χ4v) is 2.04. The van der Waals surface area contributed by atoms with E-state index in [0.29, 0.717) is 6.54 Å². The number of amides is 1. The molecular weight excluding hydrogens is 241 g/mol. The van der Waals surface area contributed by atoms with Gasteiger partial charge in [0.2, 0.25) is 0 Å². The molecular formula is C16H16FNO. The van der Waals surface area contributed by atoms with Crippen LogP contribution in [0, 0.1) is 19.7 Å². The number of hydrogen-bond acceptors (Lipinski definition) is 1. The second-order valence-electron chi connectivity index (χ2n) is 4.53. The number of aryl methyl sites for hydroxylation is 2. The lowest BCUT2D eigenvalue weighted by molar-refractivity contribution is 0.0947. The summed E-state index contributed by atoms with van der Waals surface area (Å²) in [6.07, 6.45) is 0. The topological polar surface area (TPSA) is 29.1 Å². The number of benzene rings is 2. The van der Waals surface area contributed by atoms with Crippen LogP contribution >= 0.6 is 0 Å². The normalized spacial score (nSPS) is 10.3. The minimum absolute atomic E-state index is 0.0775. The number of nitrogens with one attached hydrogen (secondary N) is 1. The Kier molecular flexibility index (Phi) is 3.95. The molecule has 1 amide bonds. The van der Waals surface area contributed by atoms with Gasteiger partial charge in [-0.25, -0.2) is 4.39 Å². The maximum Gasteiger partial charge on any atom is 0.254 e. The van der Waals surface area contributed by atoms with Crippen LogP contribution in [0.25, 0.3) is 0 Å². The third kappa shape index (κ3) is 2.99. The molecule has 3 heteroatoms. The predicted octanol–water partition coefficient (Wildman–Crippen LogP) is 3.37. The maximum absolute atomic E-state index is 13.5. The van der Waals surface area contributed by atoms with Crippen molar-refractivity contribution in [2.24, 2.45) is 0 Å². The highest BCUT2D eigenvalue weighted by atomic mass is 19.1. The fourth-order valence-electron chi connectivity index (χ4n) is 2.04. The molecule has 2 nitrogen and oxygen atoms in total. The van der Waals surface area contributed by atoms with E-state index in [1.807, 2.05) is 32.0 Å². The van der Waals surface area contributed by atoms with Crippen LogP contribution in [0.2, 0.25) is 0 Å². The molecule has 19 heavy (non-hydrogen) atoms. The standard InChI is InChI=1S/C16H16FNO/c1-11-6-5-7-12(2)14(11)10-18-16(19)13-8-3-4-9-15(13)17/h3-9H,10H2,1-2H3,(H,18,19). The van der Waals surface area contributed by atoms with Gasteiger partial charge in [0, 0.05) is 6.54 Å². The first-order valence-corrected chi connectivity index (χ1v) is 6.17. The molecule has 0 aliphatic heterocycles. The Labute approximate surface area is 112 Å². The largest absolute Gasteiger partial charge is 0.348 e. The molecule has 0 bridgehead atoms. The summed E-state index contributed by atoms with van der Waals surface area (Å²) in [6.45, 7) is 4.40. The zero-order valence-corrected chi connectivity index (χ0v) is 11.0. The first kappa shape index (κ1) is 13.3. The van der Waals surface area contributed by atoms with Gasteiger partial charge in [-0.15, -0.1) is 0 Å². The molecule has 0 aliphatic rings. The van der Waals surface area contributed by atoms with Crippen LogP contribution in [0.1, 0.15) is 27.0 Å². The first-order chi connectivity index (χ1) is 9.09. The minimum Gasteiger partial charge on any atom is -0.348 e. The van der Waals surface area contributed by atoms with Crippen molar-refractivity contribution in [2.75, 3.05) is 0 Å². The molecule has 2 aromatic rings. The summed E-state index contributed by atoms with van der Waals surface area (Å²) >= 11 is 0. The third-order valence-corrected chi connectivity index (χ3v) is 3.19. The second-order valence-corrected chi connectivity index (χ2v) is 4.53. The van der Waals surface area contributed by atoms with Gasteiger partial charge in [-0.05, 0) is 42.7 Å². The minimum atomic E-state index is -0.499. The summed E-state index contributed by atoms with van der Waals surface area (Å²) in [7, 11) is 0. The SMILES string of the molecule is Cc1cccc(C)c1CNC(=O)c1ccccc1F. The van der Waals surface area contributed by atoms with Crippen LogP contribution in [0.15, 0.2) is 42.5 Å². The Morgan fingerprint density at radius 2 is 1.68 bits per heavy atom. The lowest BCUT2D eigenvalue weighted by atomic mass is 10.0. The van der Waals surface area contributed by atoms with E-state index < -0.39 is 5.82 Å². The fraction of sp³-hybridized carbons (Fsp3) is 0.188. The predicted molar refractivity (Wildman–Crippen MR) is 73.5 cm³/mol. The van der Waals surface area contributed by atoms with Gasteiger partial charge in [0.25, 0.3) is 5.91 Å². The highest BCUT2D eigenvalue weighted by Gasteiger charge is 2.11. The van der Waals surface area contributed by atoms with Crippen LogP contribution in [0.5, 0.6) is 0 Å². The number of halogens is 1. The van der Waals surface area contributed by atoms with E-state index in [0.717, 1.165) is 16.7 Å². The average Bonchev–Trinajstić information content (AvgIpc) is 2.38. The van der Waals surface area contributed by atoms with Crippen molar-refractivity contribution >= 4 is 5.91 Å². The van der Waals surface area contributed by atoms with Gasteiger partial charge in [-0.2, -0.15) is 0 Å². The summed E-state index contributed by atoms with van der Waals surface area (Å²) < 4.78 is 13.5. The van der Waals surface area contributed by atoms with E-state index in [1.54, 1.807) is 12.1 Å². The third-order valence-electron chi connectivity index (χ3n) is 3.19. The van der Waals surface area contributed by atoms with Gasteiger partial charge < -0.3 is 5.32 Å². The second kappa shape index (κ2) is 5.65. The molecule has 2 aromatic carbocycles. The zero-order valence-electron chi connectivity index (χ0n) is 11.0. The van der Waals surface area contributed by atoms with E-state index in [9.17, 15) is 9.18 Å². The molecule has 98 valence electrons. The Hall–Kier alpha value is -2.16. The van der Waals surface area contributed by atoms with Crippen molar-refractivity contribution in [1.29, 1.82) is 0 Å². The van der Waals surface area contributed by atoms with Crippen molar-refractivity contribution < 1.29 is 9.18 Å². The average molecular weight is 257 g/mol. The van der Waals surface area contributed by atoms with Gasteiger partial charge in [0.15, 0.2) is 0 Å². The van der Waals surface area contributed by atoms with Gasteiger partial charge >= 0.3 is 0 Å². The lowest BCUT2D eigenvalue weighted by Crippen LogP contribution is -2.24. The Morgan fingerprint density at radius 1 is 1.05 bits per heavy atom. The highest BCUT2D eigenvalue weighted by Crippen LogP contribution is 2.13. The van der Waals surface area contributed by atoms with Crippen molar-refractivity contribution in [3.05, 3.63) is 70.5 Å². The molecule has 1 N–H and O–H groups in total. The van der Waals surface area contributed by atoms with Crippen LogP contribution in [-0.2, 0) is 6.54 Å². The Morgan fingerprint density at radius 3 is 2.32 bits per heavy atom. The van der Waals surface area contributed by atoms with Crippen molar-refractivity contribution in [3.8, 4) is 0 Å². The number of rotatable bonds is 3. The first-order valence-electron chi connectivity index (χ1n) is 6.17. The lowest BCUT2D eigenvalue weighted by Gasteiger charge is -2.11. The molecule has 0 heterocycles. The molecule has 0 radical (unpaired) electrons. The summed E-state index contributed by atoms with van der Waals surface area (Å²) in [5.74, 6) is -0.887. The summed E-state index contributed by atoms with van der Waals surface area (Å²) in [5, 5.41) is 2.76. The monoisotopic (exact) mass is 257 g/mol. The zero-order chi connectivity index (χ0) is 13.8. The summed E-state index contributed by atoms with van der Waals surface area (Å²) in [4.78, 5) is 11.9. The smallest absolute Gasteiger partial charge is 0.254 e. The molecule has 0 saturated carbocycles. The quantitative estimate of drug-likeness (QED) is 0.897. The van der Waals surface area contributed by atoms with Gasteiger partial charge in [-0.3, -0.25) is 4.79 Å². The van der Waals surface area contributed by atoms with Gasteiger partial charge in [0.05, 0.1) is 5.56 Å². The van der Waals surface area contributed by atoms with Crippen LogP contribution < -0.4 is 5.32 Å². The van der Waals surface area contributed by atoms with Crippen LogP contribution in [0.3, 0.4) is 0 Å². The van der Waals surface area contributed by atoms with Crippen LogP contribution in [0.4, 0.5) is 4.39 Å². The molecule has 0 fully saturated rings. The van der Waals surface area contributed by atoms with Gasteiger partial charge in [-0.1, -0.05) is 30.3 Å². The Bertz CT molecular complexity index is 587. The Balaban J connectivity index is 2.11. The molecule has 0 aliphatic carbocycles. The molecule has 0 saturated heterocycles. The number of carbonyl (C=O) groups is 1. The van der Waals surface area contributed by atoms with E-state index in [-0.39, 0.29) is 11.5 Å². The summed E-state index contributed by atoms with van der Waals surface area (Å²) in [6, 6.07) is 12.0. The molecule has 0 spiro atoms. The molecule has 0 atom stereocenters. The molecule has 0 aromatic heterocycles. The van der Waals surface area contributed by atoms with Gasteiger partial charge in [0.1, 0.15) is 5.82 Å². The number of hydrogen-bond donors (Lipinski definition) is 1. The van der Waals surface area contributed by atoms with Crippen molar-refractivity contribution in [1.82, 2.24) is 5.32 Å². The maximum atomic E-state index is 13.5. The van der Waals surface area contributed by atoms with Crippen molar-refractivity contribution in [2.45, 2.75) is 20.4 Å². The highest BCUT2D eigenvalue weighted by molar-refractivity contribution is 5.94. The summed E-state index contributed by atoms with van der Waals surface area (Å²) in [5.41, 5.74) is 3.39. The van der Waals surface area contributed by atoms with Crippen molar-refractivity contribution in [3.63, 3.8) is 0 Å². The molecule has 0 unspecified atom stereocenters. The van der Waals surface area contributed by atoms with E-state index in [1.165, 1.54) is 12.1 Å².